The molecule has 0 saturated carbocycles. The predicted molar refractivity (Wildman–Crippen MR) is 129 cm³/mol. The first kappa shape index (κ1) is 18.7. The molecule has 148 valence electrons. The van der Waals surface area contributed by atoms with Crippen LogP contribution in [0.4, 0.5) is 0 Å². The maximum atomic E-state index is 2.39. The van der Waals surface area contributed by atoms with Crippen LogP contribution < -0.4 is 0 Å². The highest BCUT2D eigenvalue weighted by molar-refractivity contribution is 6.11. The Morgan fingerprint density at radius 1 is 0.600 bits per heavy atom. The van der Waals surface area contributed by atoms with Crippen LogP contribution in [0.3, 0.4) is 0 Å². The first-order valence-corrected chi connectivity index (χ1v) is 10.6. The van der Waals surface area contributed by atoms with Crippen LogP contribution in [0.1, 0.15) is 36.1 Å². The molecule has 5 aromatic rings. The molecule has 0 aliphatic rings. The van der Waals surface area contributed by atoms with Crippen LogP contribution in [0, 0.1) is 13.8 Å². The molecule has 0 saturated heterocycles. The van der Waals surface area contributed by atoms with Crippen molar-refractivity contribution in [2.24, 2.45) is 0 Å². The summed E-state index contributed by atoms with van der Waals surface area (Å²) in [6, 6.07) is 32.8. The van der Waals surface area contributed by atoms with Gasteiger partial charge >= 0.3 is 0 Å². The third kappa shape index (κ3) is 2.69. The molecule has 1 heteroatoms. The molecule has 30 heavy (non-hydrogen) atoms. The average Bonchev–Trinajstić information content (AvgIpc) is 3.10. The van der Waals surface area contributed by atoms with E-state index >= 15 is 0 Å². The quantitative estimate of drug-likeness (QED) is 0.297. The van der Waals surface area contributed by atoms with Gasteiger partial charge in [0.05, 0.1) is 11.0 Å². The number of para-hydroxylation sites is 2. The lowest BCUT2D eigenvalue weighted by molar-refractivity contribution is 0.632. The lowest BCUT2D eigenvalue weighted by Crippen LogP contribution is -2.21. The lowest BCUT2D eigenvalue weighted by atomic mass is 9.74. The number of fused-ring (bicyclic) bond motifs is 3. The molecular formula is C29H27N. The van der Waals surface area contributed by atoms with E-state index in [4.69, 9.17) is 0 Å². The molecule has 0 atom stereocenters. The number of benzene rings is 4. The third-order valence-corrected chi connectivity index (χ3v) is 6.60. The molecule has 0 fully saturated rings. The Hall–Kier alpha value is -3.32. The van der Waals surface area contributed by atoms with Gasteiger partial charge in [-0.2, -0.15) is 0 Å². The molecule has 0 unspecified atom stereocenters. The topological polar surface area (TPSA) is 4.93 Å². The SMILES string of the molecule is Cc1ccccc1C(C)(C)c1ccc2c(c1C)c1ccccc1n2-c1ccccc1. The van der Waals surface area contributed by atoms with Crippen molar-refractivity contribution in [3.05, 3.63) is 113 Å². The molecule has 0 radical (unpaired) electrons. The second-order valence-electron chi connectivity index (χ2n) is 8.76. The van der Waals surface area contributed by atoms with Gasteiger partial charge in [0, 0.05) is 21.9 Å². The van der Waals surface area contributed by atoms with Gasteiger partial charge in [0.25, 0.3) is 0 Å². The molecule has 1 heterocycles. The van der Waals surface area contributed by atoms with E-state index in [2.05, 4.69) is 123 Å². The molecule has 0 aliphatic heterocycles. The van der Waals surface area contributed by atoms with Crippen LogP contribution in [0.15, 0.2) is 91.0 Å². The Balaban J connectivity index is 1.85. The molecule has 0 bridgehead atoms. The molecule has 5 rings (SSSR count). The molecule has 0 aliphatic carbocycles. The van der Waals surface area contributed by atoms with Crippen molar-refractivity contribution in [2.45, 2.75) is 33.1 Å². The van der Waals surface area contributed by atoms with Crippen LogP contribution in [0.2, 0.25) is 0 Å². The number of aromatic nitrogens is 1. The van der Waals surface area contributed by atoms with Crippen LogP contribution in [-0.4, -0.2) is 4.57 Å². The fourth-order valence-corrected chi connectivity index (χ4v) is 5.19. The van der Waals surface area contributed by atoms with Crippen LogP contribution >= 0.6 is 0 Å². The van der Waals surface area contributed by atoms with Gasteiger partial charge in [-0.1, -0.05) is 80.6 Å². The van der Waals surface area contributed by atoms with Crippen LogP contribution in [-0.2, 0) is 5.41 Å². The zero-order valence-corrected chi connectivity index (χ0v) is 18.1. The van der Waals surface area contributed by atoms with Crippen molar-refractivity contribution in [3.63, 3.8) is 0 Å². The number of aryl methyl sites for hydroxylation is 2. The highest BCUT2D eigenvalue weighted by Crippen LogP contribution is 2.41. The van der Waals surface area contributed by atoms with Gasteiger partial charge in [-0.05, 0) is 60.4 Å². The summed E-state index contributed by atoms with van der Waals surface area (Å²) in [4.78, 5) is 0. The highest BCUT2D eigenvalue weighted by Gasteiger charge is 2.28. The zero-order valence-electron chi connectivity index (χ0n) is 18.1. The monoisotopic (exact) mass is 389 g/mol. The summed E-state index contributed by atoms with van der Waals surface area (Å²) >= 11 is 0. The minimum absolute atomic E-state index is 0.0699. The summed E-state index contributed by atoms with van der Waals surface area (Å²) in [7, 11) is 0. The molecule has 0 spiro atoms. The smallest absolute Gasteiger partial charge is 0.0543 e. The number of rotatable bonds is 3. The van der Waals surface area contributed by atoms with E-state index in [-0.39, 0.29) is 5.41 Å². The first-order chi connectivity index (χ1) is 14.5. The third-order valence-electron chi connectivity index (χ3n) is 6.60. The van der Waals surface area contributed by atoms with E-state index < -0.39 is 0 Å². The second kappa shape index (κ2) is 6.88. The minimum atomic E-state index is -0.0699. The fraction of sp³-hybridized carbons (Fsp3) is 0.172. The molecule has 0 N–H and O–H groups in total. The van der Waals surface area contributed by atoms with E-state index in [1.54, 1.807) is 0 Å². The molecule has 1 nitrogen and oxygen atoms in total. The van der Waals surface area contributed by atoms with Gasteiger partial charge in [-0.3, -0.25) is 0 Å². The highest BCUT2D eigenvalue weighted by atomic mass is 15.0. The Labute approximate surface area is 178 Å². The first-order valence-electron chi connectivity index (χ1n) is 10.6. The van der Waals surface area contributed by atoms with Gasteiger partial charge in [0.1, 0.15) is 0 Å². The maximum Gasteiger partial charge on any atom is 0.0543 e. The molecule has 4 aromatic carbocycles. The van der Waals surface area contributed by atoms with Crippen molar-refractivity contribution in [1.82, 2.24) is 4.57 Å². The van der Waals surface area contributed by atoms with Gasteiger partial charge in [0.2, 0.25) is 0 Å². The van der Waals surface area contributed by atoms with Crippen molar-refractivity contribution in [2.75, 3.05) is 0 Å². The lowest BCUT2D eigenvalue weighted by Gasteiger charge is -2.30. The van der Waals surface area contributed by atoms with E-state index in [0.717, 1.165) is 0 Å². The summed E-state index contributed by atoms with van der Waals surface area (Å²) in [6.07, 6.45) is 0. The Bertz CT molecular complexity index is 1370. The van der Waals surface area contributed by atoms with E-state index in [1.165, 1.54) is 49.7 Å². The Morgan fingerprint density at radius 3 is 2.03 bits per heavy atom. The summed E-state index contributed by atoms with van der Waals surface area (Å²) < 4.78 is 2.39. The van der Waals surface area contributed by atoms with Crippen molar-refractivity contribution in [1.29, 1.82) is 0 Å². The predicted octanol–water partition coefficient (Wildman–Crippen LogP) is 7.73. The zero-order chi connectivity index (χ0) is 20.9. The maximum absolute atomic E-state index is 2.39. The van der Waals surface area contributed by atoms with Crippen molar-refractivity contribution < 1.29 is 0 Å². The van der Waals surface area contributed by atoms with Crippen LogP contribution in [0.5, 0.6) is 0 Å². The summed E-state index contributed by atoms with van der Waals surface area (Å²) in [5, 5.41) is 2.67. The fourth-order valence-electron chi connectivity index (χ4n) is 5.19. The van der Waals surface area contributed by atoms with E-state index in [1.807, 2.05) is 0 Å². The van der Waals surface area contributed by atoms with E-state index in [9.17, 15) is 0 Å². The molecular weight excluding hydrogens is 362 g/mol. The van der Waals surface area contributed by atoms with Gasteiger partial charge < -0.3 is 4.57 Å². The van der Waals surface area contributed by atoms with Crippen molar-refractivity contribution in [3.8, 4) is 5.69 Å². The second-order valence-corrected chi connectivity index (χ2v) is 8.76. The number of nitrogens with zero attached hydrogens (tertiary/aromatic N) is 1. The average molecular weight is 390 g/mol. The Kier molecular flexibility index (Phi) is 4.29. The van der Waals surface area contributed by atoms with Gasteiger partial charge in [-0.15, -0.1) is 0 Å². The minimum Gasteiger partial charge on any atom is -0.309 e. The molecule has 1 aromatic heterocycles. The van der Waals surface area contributed by atoms with Crippen LogP contribution in [0.25, 0.3) is 27.5 Å². The number of hydrogen-bond donors (Lipinski definition) is 0. The normalized spacial score (nSPS) is 12.0. The molecule has 0 amide bonds. The summed E-state index contributed by atoms with van der Waals surface area (Å²) in [5.41, 5.74) is 9.14. The van der Waals surface area contributed by atoms with Gasteiger partial charge in [0.15, 0.2) is 0 Å². The largest absolute Gasteiger partial charge is 0.309 e. The van der Waals surface area contributed by atoms with E-state index in [0.29, 0.717) is 0 Å². The summed E-state index contributed by atoms with van der Waals surface area (Å²) in [5.74, 6) is 0. The summed E-state index contributed by atoms with van der Waals surface area (Å²) in [6.45, 7) is 9.20. The van der Waals surface area contributed by atoms with Crippen molar-refractivity contribution >= 4 is 21.8 Å². The number of hydrogen-bond acceptors (Lipinski definition) is 0. The van der Waals surface area contributed by atoms with Gasteiger partial charge in [-0.25, -0.2) is 0 Å². The Morgan fingerprint density at radius 2 is 1.27 bits per heavy atom. The standard InChI is InChI=1S/C29H27N/c1-20-12-8-10-16-24(20)29(3,4)25-18-19-27-28(21(25)2)23-15-9-11-17-26(23)30(27)22-13-6-5-7-14-22/h5-19H,1-4H3.